The molecule has 2 unspecified atom stereocenters. The average molecular weight is 337 g/mol. The molecule has 130 valence electrons. The van der Waals surface area contributed by atoms with Crippen LogP contribution in [0.25, 0.3) is 0 Å². The number of nitrogens with zero attached hydrogens (tertiary/aromatic N) is 3. The molecule has 2 atom stereocenters. The minimum absolute atomic E-state index is 0.474. The summed E-state index contributed by atoms with van der Waals surface area (Å²) in [7, 11) is 2.17. The van der Waals surface area contributed by atoms with Gasteiger partial charge in [-0.15, -0.1) is 0 Å². The number of nitrogens with one attached hydrogen (secondary N) is 1. The van der Waals surface area contributed by atoms with E-state index in [0.29, 0.717) is 12.0 Å². The Hall–Kier alpha value is -1.07. The summed E-state index contributed by atoms with van der Waals surface area (Å²) in [6, 6.07) is 2.88. The second-order valence-corrected chi connectivity index (χ2v) is 7.24. The molecule has 5 heteroatoms. The third-order valence-electron chi connectivity index (χ3n) is 4.71. The predicted octanol–water partition coefficient (Wildman–Crippen LogP) is 3.23. The Morgan fingerprint density at radius 2 is 2.35 bits per heavy atom. The molecule has 0 amide bonds. The van der Waals surface area contributed by atoms with Gasteiger partial charge in [-0.25, -0.2) is 0 Å². The number of guanidine groups is 1. The smallest absolute Gasteiger partial charge is 0.193 e. The Labute approximate surface area is 145 Å². The quantitative estimate of drug-likeness (QED) is 0.612. The molecule has 1 saturated heterocycles. The van der Waals surface area contributed by atoms with Gasteiger partial charge in [0.2, 0.25) is 0 Å². The highest BCUT2D eigenvalue weighted by Gasteiger charge is 2.25. The van der Waals surface area contributed by atoms with Crippen LogP contribution >= 0.6 is 11.3 Å². The fraction of sp³-hybridized carbons (Fsp3) is 0.722. The molecule has 0 aliphatic carbocycles. The molecule has 0 radical (unpaired) electrons. The molecule has 2 rings (SSSR count). The van der Waals surface area contributed by atoms with Crippen LogP contribution in [-0.4, -0.2) is 61.6 Å². The van der Waals surface area contributed by atoms with Crippen molar-refractivity contribution < 1.29 is 0 Å². The van der Waals surface area contributed by atoms with Crippen LogP contribution < -0.4 is 5.32 Å². The van der Waals surface area contributed by atoms with Gasteiger partial charge in [0.15, 0.2) is 5.96 Å². The van der Waals surface area contributed by atoms with Crippen LogP contribution in [0.3, 0.4) is 0 Å². The van der Waals surface area contributed by atoms with E-state index in [1.54, 1.807) is 11.3 Å². The lowest BCUT2D eigenvalue weighted by molar-refractivity contribution is 0.232. The standard InChI is InChI=1S/C18H32N4S/c1-5-19-18(20-12-15(3)16-9-11-23-14-16)21(4)13-17-8-7-10-22(17)6-2/h9,11,14-15,17H,5-8,10,12-13H2,1-4H3,(H,19,20). The van der Waals surface area contributed by atoms with Gasteiger partial charge in [0.05, 0.1) is 0 Å². The molecule has 4 nitrogen and oxygen atoms in total. The first-order valence-corrected chi connectivity index (χ1v) is 9.85. The summed E-state index contributed by atoms with van der Waals surface area (Å²) in [4.78, 5) is 9.78. The van der Waals surface area contributed by atoms with E-state index in [1.807, 2.05) is 0 Å². The van der Waals surface area contributed by atoms with Crippen molar-refractivity contribution in [2.75, 3.05) is 39.8 Å². The third kappa shape index (κ3) is 5.21. The van der Waals surface area contributed by atoms with Gasteiger partial charge in [0.1, 0.15) is 0 Å². The molecule has 1 aromatic rings. The molecule has 1 fully saturated rings. The zero-order valence-corrected chi connectivity index (χ0v) is 15.9. The van der Waals surface area contributed by atoms with Crippen LogP contribution in [-0.2, 0) is 0 Å². The van der Waals surface area contributed by atoms with Crippen molar-refractivity contribution in [2.24, 2.45) is 4.99 Å². The Morgan fingerprint density at radius 1 is 1.52 bits per heavy atom. The largest absolute Gasteiger partial charge is 0.357 e. The van der Waals surface area contributed by atoms with Gasteiger partial charge in [-0.2, -0.15) is 11.3 Å². The third-order valence-corrected chi connectivity index (χ3v) is 5.41. The Morgan fingerprint density at radius 3 is 3.00 bits per heavy atom. The summed E-state index contributed by atoms with van der Waals surface area (Å²) < 4.78 is 0. The molecular formula is C18H32N4S. The first kappa shape index (κ1) is 18.3. The number of likely N-dealkylation sites (N-methyl/N-ethyl adjacent to an activating group) is 2. The summed E-state index contributed by atoms with van der Waals surface area (Å²) in [5.74, 6) is 1.51. The monoisotopic (exact) mass is 336 g/mol. The maximum absolute atomic E-state index is 4.88. The van der Waals surface area contributed by atoms with Gasteiger partial charge in [-0.1, -0.05) is 13.8 Å². The minimum atomic E-state index is 0.474. The van der Waals surface area contributed by atoms with Gasteiger partial charge in [-0.05, 0) is 55.2 Å². The second kappa shape index (κ2) is 9.28. The van der Waals surface area contributed by atoms with Crippen molar-refractivity contribution in [3.8, 4) is 0 Å². The van der Waals surface area contributed by atoms with E-state index in [2.05, 4.69) is 59.8 Å². The van der Waals surface area contributed by atoms with Crippen molar-refractivity contribution in [3.05, 3.63) is 22.4 Å². The highest BCUT2D eigenvalue weighted by molar-refractivity contribution is 7.07. The van der Waals surface area contributed by atoms with Crippen LogP contribution in [0.5, 0.6) is 0 Å². The highest BCUT2D eigenvalue weighted by atomic mass is 32.1. The van der Waals surface area contributed by atoms with E-state index in [4.69, 9.17) is 4.99 Å². The Kier molecular flexibility index (Phi) is 7.37. The molecule has 1 aromatic heterocycles. The van der Waals surface area contributed by atoms with Gasteiger partial charge in [0.25, 0.3) is 0 Å². The lowest BCUT2D eigenvalue weighted by atomic mass is 10.1. The van der Waals surface area contributed by atoms with Crippen LogP contribution in [0.2, 0.25) is 0 Å². The topological polar surface area (TPSA) is 30.9 Å². The first-order valence-electron chi connectivity index (χ1n) is 8.91. The van der Waals surface area contributed by atoms with E-state index in [0.717, 1.165) is 32.1 Å². The van der Waals surface area contributed by atoms with E-state index in [-0.39, 0.29) is 0 Å². The number of hydrogen-bond donors (Lipinski definition) is 1. The van der Waals surface area contributed by atoms with E-state index in [9.17, 15) is 0 Å². The normalized spacial score (nSPS) is 20.7. The first-order chi connectivity index (χ1) is 11.2. The molecule has 0 spiro atoms. The SMILES string of the molecule is CCNC(=NCC(C)c1ccsc1)N(C)CC1CCCN1CC. The van der Waals surface area contributed by atoms with Gasteiger partial charge in [0, 0.05) is 38.6 Å². The van der Waals surface area contributed by atoms with Crippen LogP contribution in [0.1, 0.15) is 45.1 Å². The van der Waals surface area contributed by atoms with Gasteiger partial charge < -0.3 is 10.2 Å². The lowest BCUT2D eigenvalue weighted by Gasteiger charge is -2.30. The van der Waals surface area contributed by atoms with Gasteiger partial charge >= 0.3 is 0 Å². The Bertz CT molecular complexity index is 471. The summed E-state index contributed by atoms with van der Waals surface area (Å²) in [6.07, 6.45) is 2.64. The fourth-order valence-corrected chi connectivity index (χ4v) is 4.06. The summed E-state index contributed by atoms with van der Waals surface area (Å²) in [5, 5.41) is 7.83. The maximum atomic E-state index is 4.88. The summed E-state index contributed by atoms with van der Waals surface area (Å²) in [6.45, 7) is 11.9. The molecule has 1 aliphatic heterocycles. The molecule has 0 bridgehead atoms. The van der Waals surface area contributed by atoms with Crippen molar-refractivity contribution in [3.63, 3.8) is 0 Å². The Balaban J connectivity index is 1.94. The lowest BCUT2D eigenvalue weighted by Crippen LogP contribution is -2.46. The van der Waals surface area contributed by atoms with E-state index >= 15 is 0 Å². The number of thiophene rings is 1. The zero-order chi connectivity index (χ0) is 16.7. The van der Waals surface area contributed by atoms with Gasteiger partial charge in [-0.3, -0.25) is 9.89 Å². The molecular weight excluding hydrogens is 304 g/mol. The van der Waals surface area contributed by atoms with Crippen LogP contribution in [0, 0.1) is 0 Å². The second-order valence-electron chi connectivity index (χ2n) is 6.46. The van der Waals surface area contributed by atoms with Crippen molar-refractivity contribution in [2.45, 2.75) is 45.6 Å². The minimum Gasteiger partial charge on any atom is -0.357 e. The summed E-state index contributed by atoms with van der Waals surface area (Å²) >= 11 is 1.76. The fourth-order valence-electron chi connectivity index (χ4n) is 3.27. The number of rotatable bonds is 7. The van der Waals surface area contributed by atoms with Crippen molar-refractivity contribution in [1.29, 1.82) is 0 Å². The van der Waals surface area contributed by atoms with E-state index in [1.165, 1.54) is 24.9 Å². The maximum Gasteiger partial charge on any atom is 0.193 e. The summed E-state index contributed by atoms with van der Waals surface area (Å²) in [5.41, 5.74) is 1.39. The molecule has 0 saturated carbocycles. The predicted molar refractivity (Wildman–Crippen MR) is 102 cm³/mol. The number of aliphatic imine (C=N–C) groups is 1. The van der Waals surface area contributed by atoms with Crippen molar-refractivity contribution in [1.82, 2.24) is 15.1 Å². The van der Waals surface area contributed by atoms with Crippen LogP contribution in [0.4, 0.5) is 0 Å². The van der Waals surface area contributed by atoms with Crippen molar-refractivity contribution >= 4 is 17.3 Å². The molecule has 1 aliphatic rings. The van der Waals surface area contributed by atoms with E-state index < -0.39 is 0 Å². The highest BCUT2D eigenvalue weighted by Crippen LogP contribution is 2.19. The van der Waals surface area contributed by atoms with Crippen LogP contribution in [0.15, 0.2) is 21.8 Å². The molecule has 2 heterocycles. The molecule has 23 heavy (non-hydrogen) atoms. The average Bonchev–Trinajstić information content (AvgIpc) is 3.22. The molecule has 0 aromatic carbocycles. The number of likely N-dealkylation sites (tertiary alicyclic amines) is 1. The molecule has 1 N–H and O–H groups in total. The number of hydrogen-bond acceptors (Lipinski definition) is 3. The zero-order valence-electron chi connectivity index (χ0n) is 15.1.